The third kappa shape index (κ3) is 4.33. The normalized spacial score (nSPS) is 10.5. The summed E-state index contributed by atoms with van der Waals surface area (Å²) in [5.41, 5.74) is 1.61. The number of hydrogen-bond acceptors (Lipinski definition) is 6. The Balaban J connectivity index is 1.76. The molecule has 8 heteroatoms. The Kier molecular flexibility index (Phi) is 6.08. The van der Waals surface area contributed by atoms with Gasteiger partial charge in [-0.25, -0.2) is 9.97 Å². The standard InChI is InChI=1S/C18H15Cl2N3O2S/c1-24-16-6-4-12(8-17(16)25-2)26-23-18-9-15(21-10-22-18)11-3-5-13(19)14(20)7-11/h3-10H,1-2H3,(H,21,22,23). The van der Waals surface area contributed by atoms with Crippen molar-refractivity contribution in [3.63, 3.8) is 0 Å². The summed E-state index contributed by atoms with van der Waals surface area (Å²) in [6, 6.07) is 12.9. The summed E-state index contributed by atoms with van der Waals surface area (Å²) in [6.07, 6.45) is 1.50. The molecule has 2 aromatic carbocycles. The number of nitrogens with one attached hydrogen (secondary N) is 1. The molecule has 0 saturated heterocycles. The van der Waals surface area contributed by atoms with Gasteiger partial charge in [-0.15, -0.1) is 0 Å². The number of benzene rings is 2. The minimum Gasteiger partial charge on any atom is -0.493 e. The van der Waals surface area contributed by atoms with Gasteiger partial charge in [0.1, 0.15) is 12.1 Å². The number of rotatable bonds is 6. The summed E-state index contributed by atoms with van der Waals surface area (Å²) in [7, 11) is 3.21. The molecule has 1 N–H and O–H groups in total. The average Bonchev–Trinajstić information content (AvgIpc) is 2.68. The largest absolute Gasteiger partial charge is 0.493 e. The molecule has 1 heterocycles. The molecule has 0 aliphatic heterocycles. The lowest BCUT2D eigenvalue weighted by Gasteiger charge is -2.10. The van der Waals surface area contributed by atoms with E-state index in [1.54, 1.807) is 26.4 Å². The third-order valence-corrected chi connectivity index (χ3v) is 5.05. The second-order valence-corrected chi connectivity index (χ2v) is 6.83. The van der Waals surface area contributed by atoms with Crippen molar-refractivity contribution in [2.45, 2.75) is 4.90 Å². The lowest BCUT2D eigenvalue weighted by atomic mass is 10.1. The van der Waals surface area contributed by atoms with Crippen molar-refractivity contribution < 1.29 is 9.47 Å². The summed E-state index contributed by atoms with van der Waals surface area (Å²) in [6.45, 7) is 0. The van der Waals surface area contributed by atoms with E-state index in [-0.39, 0.29) is 0 Å². The number of ether oxygens (including phenoxy) is 2. The van der Waals surface area contributed by atoms with Crippen LogP contribution < -0.4 is 14.2 Å². The Hall–Kier alpha value is -2.15. The fourth-order valence-corrected chi connectivity index (χ4v) is 3.15. The maximum absolute atomic E-state index is 6.08. The van der Waals surface area contributed by atoms with Crippen molar-refractivity contribution in [3.8, 4) is 22.8 Å². The summed E-state index contributed by atoms with van der Waals surface area (Å²) < 4.78 is 13.7. The highest BCUT2D eigenvalue weighted by Crippen LogP contribution is 2.33. The Bertz CT molecular complexity index is 925. The van der Waals surface area contributed by atoms with Gasteiger partial charge in [0.2, 0.25) is 0 Å². The molecular formula is C18H15Cl2N3O2S. The van der Waals surface area contributed by atoms with Gasteiger partial charge in [-0.3, -0.25) is 0 Å². The van der Waals surface area contributed by atoms with E-state index in [0.717, 1.165) is 16.2 Å². The topological polar surface area (TPSA) is 56.3 Å². The molecule has 0 saturated carbocycles. The Morgan fingerprint density at radius 2 is 1.69 bits per heavy atom. The summed E-state index contributed by atoms with van der Waals surface area (Å²) in [5.74, 6) is 2.01. The summed E-state index contributed by atoms with van der Waals surface area (Å²) in [5, 5.41) is 0.990. The van der Waals surface area contributed by atoms with Crippen molar-refractivity contribution in [2.75, 3.05) is 18.9 Å². The van der Waals surface area contributed by atoms with Crippen LogP contribution in [-0.2, 0) is 0 Å². The van der Waals surface area contributed by atoms with Crippen LogP contribution in [0.2, 0.25) is 10.0 Å². The molecule has 0 amide bonds. The highest BCUT2D eigenvalue weighted by atomic mass is 35.5. The first-order chi connectivity index (χ1) is 12.6. The zero-order valence-corrected chi connectivity index (χ0v) is 16.3. The first kappa shape index (κ1) is 18.6. The number of anilines is 1. The number of methoxy groups -OCH3 is 2. The molecule has 5 nitrogen and oxygen atoms in total. The fourth-order valence-electron chi connectivity index (χ4n) is 2.22. The van der Waals surface area contributed by atoms with Gasteiger partial charge in [-0.1, -0.05) is 29.3 Å². The van der Waals surface area contributed by atoms with Crippen LogP contribution in [0.4, 0.5) is 5.82 Å². The molecule has 0 aliphatic rings. The molecule has 1 aromatic heterocycles. The number of hydrogen-bond donors (Lipinski definition) is 1. The lowest BCUT2D eigenvalue weighted by molar-refractivity contribution is 0.354. The van der Waals surface area contributed by atoms with Gasteiger partial charge < -0.3 is 14.2 Å². The number of halogens is 2. The molecule has 0 unspecified atom stereocenters. The third-order valence-electron chi connectivity index (χ3n) is 3.51. The van der Waals surface area contributed by atoms with E-state index in [0.29, 0.717) is 27.4 Å². The van der Waals surface area contributed by atoms with E-state index >= 15 is 0 Å². The van der Waals surface area contributed by atoms with Crippen molar-refractivity contribution >= 4 is 41.0 Å². The van der Waals surface area contributed by atoms with Crippen molar-refractivity contribution in [3.05, 3.63) is 58.8 Å². The molecule has 0 radical (unpaired) electrons. The minimum atomic E-state index is 0.483. The predicted molar refractivity (Wildman–Crippen MR) is 107 cm³/mol. The van der Waals surface area contributed by atoms with E-state index < -0.39 is 0 Å². The van der Waals surface area contributed by atoms with Gasteiger partial charge >= 0.3 is 0 Å². The lowest BCUT2D eigenvalue weighted by Crippen LogP contribution is -1.94. The molecular weight excluding hydrogens is 393 g/mol. The quantitative estimate of drug-likeness (QED) is 0.537. The van der Waals surface area contributed by atoms with Gasteiger partial charge in [0, 0.05) is 16.5 Å². The maximum Gasteiger partial charge on any atom is 0.161 e. The summed E-state index contributed by atoms with van der Waals surface area (Å²) in [4.78, 5) is 9.48. The van der Waals surface area contributed by atoms with Crippen LogP contribution in [0.1, 0.15) is 0 Å². The smallest absolute Gasteiger partial charge is 0.161 e. The van der Waals surface area contributed by atoms with Crippen LogP contribution in [0.15, 0.2) is 53.7 Å². The highest BCUT2D eigenvalue weighted by Gasteiger charge is 2.07. The van der Waals surface area contributed by atoms with E-state index in [1.807, 2.05) is 30.3 Å². The minimum absolute atomic E-state index is 0.483. The Morgan fingerprint density at radius 1 is 0.885 bits per heavy atom. The SMILES string of the molecule is COc1ccc(SNc2cc(-c3ccc(Cl)c(Cl)c3)ncn2)cc1OC. The fraction of sp³-hybridized carbons (Fsp3) is 0.111. The van der Waals surface area contributed by atoms with Crippen LogP contribution in [0.25, 0.3) is 11.3 Å². The zero-order chi connectivity index (χ0) is 18.5. The van der Waals surface area contributed by atoms with Crippen LogP contribution in [0.3, 0.4) is 0 Å². The highest BCUT2D eigenvalue weighted by molar-refractivity contribution is 8.00. The second kappa shape index (κ2) is 8.49. The molecule has 0 aliphatic carbocycles. The van der Waals surface area contributed by atoms with Gasteiger partial charge in [0.15, 0.2) is 11.5 Å². The average molecular weight is 408 g/mol. The van der Waals surface area contributed by atoms with Gasteiger partial charge in [0.05, 0.1) is 30.0 Å². The predicted octanol–water partition coefficient (Wildman–Crippen LogP) is 5.59. The van der Waals surface area contributed by atoms with Crippen LogP contribution in [0, 0.1) is 0 Å². The first-order valence-electron chi connectivity index (χ1n) is 7.53. The Morgan fingerprint density at radius 3 is 2.42 bits per heavy atom. The second-order valence-electron chi connectivity index (χ2n) is 5.14. The molecule has 134 valence electrons. The monoisotopic (exact) mass is 407 g/mol. The van der Waals surface area contributed by atoms with E-state index in [1.165, 1.54) is 18.3 Å². The van der Waals surface area contributed by atoms with Crippen LogP contribution in [0.5, 0.6) is 11.5 Å². The molecule has 26 heavy (non-hydrogen) atoms. The molecule has 0 bridgehead atoms. The van der Waals surface area contributed by atoms with Gasteiger partial charge in [0.25, 0.3) is 0 Å². The maximum atomic E-state index is 6.08. The molecule has 3 aromatic rings. The molecule has 3 rings (SSSR count). The number of aromatic nitrogens is 2. The van der Waals surface area contributed by atoms with Crippen LogP contribution in [-0.4, -0.2) is 24.2 Å². The number of nitrogens with zero attached hydrogens (tertiary/aromatic N) is 2. The van der Waals surface area contributed by atoms with Gasteiger partial charge in [-0.05, 0) is 42.3 Å². The molecule has 0 atom stereocenters. The zero-order valence-electron chi connectivity index (χ0n) is 14.0. The van der Waals surface area contributed by atoms with Crippen molar-refractivity contribution in [2.24, 2.45) is 0 Å². The van der Waals surface area contributed by atoms with Crippen molar-refractivity contribution in [1.29, 1.82) is 0 Å². The van der Waals surface area contributed by atoms with E-state index in [4.69, 9.17) is 32.7 Å². The van der Waals surface area contributed by atoms with E-state index in [2.05, 4.69) is 14.7 Å². The van der Waals surface area contributed by atoms with E-state index in [9.17, 15) is 0 Å². The summed E-state index contributed by atoms with van der Waals surface area (Å²) >= 11 is 13.5. The van der Waals surface area contributed by atoms with Gasteiger partial charge in [-0.2, -0.15) is 0 Å². The molecule has 0 fully saturated rings. The molecule has 0 spiro atoms. The Labute approximate surface area is 165 Å². The van der Waals surface area contributed by atoms with Crippen LogP contribution >= 0.6 is 35.1 Å². The first-order valence-corrected chi connectivity index (χ1v) is 9.10. The van der Waals surface area contributed by atoms with Crippen molar-refractivity contribution in [1.82, 2.24) is 9.97 Å².